The molecule has 6 nitrogen and oxygen atoms in total. The zero-order chi connectivity index (χ0) is 14.2. The van der Waals surface area contributed by atoms with Crippen LogP contribution in [0.15, 0.2) is 12.7 Å². The summed E-state index contributed by atoms with van der Waals surface area (Å²) in [5.41, 5.74) is 1.44. The highest BCUT2D eigenvalue weighted by atomic mass is 32.1. The fraction of sp³-hybridized carbons (Fsp3) is 0.429. The summed E-state index contributed by atoms with van der Waals surface area (Å²) in [5.74, 6) is 1.72. The van der Waals surface area contributed by atoms with Gasteiger partial charge in [-0.2, -0.15) is 5.10 Å². The fourth-order valence-corrected chi connectivity index (χ4v) is 4.13. The van der Waals surface area contributed by atoms with Crippen LogP contribution in [0.25, 0.3) is 10.2 Å². The number of nitrogens with zero attached hydrogens (tertiary/aromatic N) is 4. The highest BCUT2D eigenvalue weighted by molar-refractivity contribution is 7.19. The maximum atomic E-state index is 4.46. The Labute approximate surface area is 126 Å². The van der Waals surface area contributed by atoms with Crippen LogP contribution in [0.5, 0.6) is 0 Å². The summed E-state index contributed by atoms with van der Waals surface area (Å²) in [6.07, 6.45) is 8.01. The molecule has 1 aliphatic carbocycles. The molecule has 2 N–H and O–H groups in total. The molecule has 1 aliphatic rings. The first-order valence-corrected chi connectivity index (χ1v) is 8.01. The number of H-pyrrole nitrogens is 1. The van der Waals surface area contributed by atoms with Gasteiger partial charge in [0.2, 0.25) is 0 Å². The van der Waals surface area contributed by atoms with Crippen molar-refractivity contribution < 1.29 is 0 Å². The van der Waals surface area contributed by atoms with Gasteiger partial charge >= 0.3 is 0 Å². The maximum absolute atomic E-state index is 4.46. The summed E-state index contributed by atoms with van der Waals surface area (Å²) in [6, 6.07) is 0.0322. The third-order valence-corrected chi connectivity index (χ3v) is 5.15. The largest absolute Gasteiger partial charge is 0.360 e. The second-order valence-corrected chi connectivity index (χ2v) is 6.43. The molecule has 1 atom stereocenters. The minimum atomic E-state index is 0.0322. The van der Waals surface area contributed by atoms with Crippen LogP contribution in [0.2, 0.25) is 0 Å². The van der Waals surface area contributed by atoms with E-state index in [-0.39, 0.29) is 6.04 Å². The molecular weight excluding hydrogens is 284 g/mol. The van der Waals surface area contributed by atoms with Gasteiger partial charge in [-0.25, -0.2) is 15.0 Å². The Kier molecular flexibility index (Phi) is 3.07. The zero-order valence-electron chi connectivity index (χ0n) is 11.8. The molecule has 4 rings (SSSR count). The van der Waals surface area contributed by atoms with Gasteiger partial charge in [0.15, 0.2) is 0 Å². The van der Waals surface area contributed by atoms with E-state index in [9.17, 15) is 0 Å². The summed E-state index contributed by atoms with van der Waals surface area (Å²) in [6.45, 7) is 2.05. The van der Waals surface area contributed by atoms with Gasteiger partial charge in [0, 0.05) is 4.88 Å². The standard InChI is InChI=1S/C14H16N6S/c1-8(12-16-7-18-20-12)19-13-11-9-4-2-3-5-10(9)21-14(11)17-6-15-13/h6-8H,2-5H2,1H3,(H,15,17,19)(H,16,18,20). The lowest BCUT2D eigenvalue weighted by molar-refractivity contribution is 0.700. The summed E-state index contributed by atoms with van der Waals surface area (Å²) < 4.78 is 0. The number of fused-ring (bicyclic) bond motifs is 3. The van der Waals surface area contributed by atoms with Crippen LogP contribution in [0.4, 0.5) is 5.82 Å². The first kappa shape index (κ1) is 12.7. The third-order valence-electron chi connectivity index (χ3n) is 3.95. The molecule has 0 amide bonds. The number of hydrogen-bond acceptors (Lipinski definition) is 6. The van der Waals surface area contributed by atoms with Crippen molar-refractivity contribution in [2.75, 3.05) is 5.32 Å². The van der Waals surface area contributed by atoms with E-state index in [0.717, 1.165) is 22.9 Å². The number of aryl methyl sites for hydroxylation is 2. The summed E-state index contributed by atoms with van der Waals surface area (Å²) in [5, 5.41) is 11.4. The predicted octanol–water partition coefficient (Wildman–Crippen LogP) is 2.86. The molecule has 0 bridgehead atoms. The van der Waals surface area contributed by atoms with Crippen LogP contribution in [0.3, 0.4) is 0 Å². The Morgan fingerprint density at radius 1 is 1.19 bits per heavy atom. The number of hydrogen-bond donors (Lipinski definition) is 2. The second kappa shape index (κ2) is 5.07. The molecule has 0 aromatic carbocycles. The molecule has 0 saturated carbocycles. The molecular formula is C14H16N6S. The Balaban J connectivity index is 1.76. The van der Waals surface area contributed by atoms with Crippen molar-refractivity contribution in [3.8, 4) is 0 Å². The van der Waals surface area contributed by atoms with Crippen molar-refractivity contribution in [3.05, 3.63) is 28.9 Å². The Morgan fingerprint density at radius 2 is 2.10 bits per heavy atom. The average Bonchev–Trinajstić information content (AvgIpc) is 3.15. The molecule has 0 saturated heterocycles. The lowest BCUT2D eigenvalue weighted by Gasteiger charge is -2.15. The topological polar surface area (TPSA) is 79.4 Å². The molecule has 1 unspecified atom stereocenters. The van der Waals surface area contributed by atoms with Gasteiger partial charge in [0.05, 0.1) is 11.4 Å². The molecule has 108 valence electrons. The van der Waals surface area contributed by atoms with Crippen LogP contribution < -0.4 is 5.32 Å². The fourth-order valence-electron chi connectivity index (χ4n) is 2.90. The van der Waals surface area contributed by atoms with Gasteiger partial charge in [0.25, 0.3) is 0 Å². The molecule has 7 heteroatoms. The lowest BCUT2D eigenvalue weighted by Crippen LogP contribution is -2.10. The summed E-state index contributed by atoms with van der Waals surface area (Å²) in [7, 11) is 0. The van der Waals surface area contributed by atoms with Gasteiger partial charge in [-0.15, -0.1) is 11.3 Å². The molecule has 0 aliphatic heterocycles. The first-order valence-electron chi connectivity index (χ1n) is 7.20. The minimum absolute atomic E-state index is 0.0322. The normalized spacial score (nSPS) is 15.9. The average molecular weight is 300 g/mol. The van der Waals surface area contributed by atoms with E-state index in [1.165, 1.54) is 41.4 Å². The van der Waals surface area contributed by atoms with Crippen molar-refractivity contribution in [1.82, 2.24) is 25.1 Å². The summed E-state index contributed by atoms with van der Waals surface area (Å²) >= 11 is 1.81. The molecule has 0 spiro atoms. The quantitative estimate of drug-likeness (QED) is 0.777. The molecule has 3 aromatic rings. The third kappa shape index (κ3) is 2.17. The first-order chi connectivity index (χ1) is 10.3. The Hall–Kier alpha value is -2.02. The Bertz CT molecular complexity index is 763. The van der Waals surface area contributed by atoms with E-state index in [4.69, 9.17) is 0 Å². The maximum Gasteiger partial charge on any atom is 0.146 e. The molecule has 0 fully saturated rings. The van der Waals surface area contributed by atoms with Gasteiger partial charge in [-0.1, -0.05) is 0 Å². The van der Waals surface area contributed by atoms with E-state index >= 15 is 0 Å². The van der Waals surface area contributed by atoms with Crippen molar-refractivity contribution in [2.24, 2.45) is 0 Å². The smallest absolute Gasteiger partial charge is 0.146 e. The molecule has 3 heterocycles. The van der Waals surface area contributed by atoms with E-state index in [2.05, 4.69) is 30.5 Å². The second-order valence-electron chi connectivity index (χ2n) is 5.35. The number of anilines is 1. The predicted molar refractivity (Wildman–Crippen MR) is 82.5 cm³/mol. The van der Waals surface area contributed by atoms with Crippen molar-refractivity contribution in [2.45, 2.75) is 38.6 Å². The number of nitrogens with one attached hydrogen (secondary N) is 2. The number of aromatic amines is 1. The number of thiophene rings is 1. The summed E-state index contributed by atoms with van der Waals surface area (Å²) in [4.78, 5) is 15.7. The van der Waals surface area contributed by atoms with Crippen LogP contribution in [0, 0.1) is 0 Å². The monoisotopic (exact) mass is 300 g/mol. The minimum Gasteiger partial charge on any atom is -0.360 e. The van der Waals surface area contributed by atoms with E-state index in [1.54, 1.807) is 6.33 Å². The van der Waals surface area contributed by atoms with Gasteiger partial charge < -0.3 is 5.32 Å². The number of rotatable bonds is 3. The van der Waals surface area contributed by atoms with Gasteiger partial charge in [-0.3, -0.25) is 5.10 Å². The van der Waals surface area contributed by atoms with Crippen LogP contribution in [-0.4, -0.2) is 25.1 Å². The highest BCUT2D eigenvalue weighted by Gasteiger charge is 2.21. The van der Waals surface area contributed by atoms with Crippen molar-refractivity contribution in [3.63, 3.8) is 0 Å². The van der Waals surface area contributed by atoms with E-state index in [0.29, 0.717) is 0 Å². The number of aromatic nitrogens is 5. The zero-order valence-corrected chi connectivity index (χ0v) is 12.6. The Morgan fingerprint density at radius 3 is 2.95 bits per heavy atom. The van der Waals surface area contributed by atoms with E-state index < -0.39 is 0 Å². The van der Waals surface area contributed by atoms with Crippen LogP contribution in [0.1, 0.15) is 42.1 Å². The van der Waals surface area contributed by atoms with Crippen molar-refractivity contribution in [1.29, 1.82) is 0 Å². The van der Waals surface area contributed by atoms with E-state index in [1.807, 2.05) is 18.3 Å². The molecule has 21 heavy (non-hydrogen) atoms. The highest BCUT2D eigenvalue weighted by Crippen LogP contribution is 2.38. The molecule has 0 radical (unpaired) electrons. The molecule has 3 aromatic heterocycles. The lowest BCUT2D eigenvalue weighted by atomic mass is 9.97. The van der Waals surface area contributed by atoms with Crippen LogP contribution in [-0.2, 0) is 12.8 Å². The van der Waals surface area contributed by atoms with Gasteiger partial charge in [0.1, 0.15) is 29.1 Å². The van der Waals surface area contributed by atoms with Crippen molar-refractivity contribution >= 4 is 27.4 Å². The SMILES string of the molecule is CC(Nc1ncnc2sc3c(c12)CCCC3)c1ncn[nH]1. The van der Waals surface area contributed by atoms with Gasteiger partial charge in [-0.05, 0) is 38.2 Å². The van der Waals surface area contributed by atoms with Crippen LogP contribution >= 0.6 is 11.3 Å².